The lowest BCUT2D eigenvalue weighted by atomic mass is 10.1. The number of aromatic nitrogens is 5. The zero-order valence-corrected chi connectivity index (χ0v) is 17.4. The zero-order valence-electron chi connectivity index (χ0n) is 17.4. The third-order valence-electron chi connectivity index (χ3n) is 5.24. The molecule has 3 aromatic heterocycles. The molecule has 0 atom stereocenters. The molecule has 0 fully saturated rings. The summed E-state index contributed by atoms with van der Waals surface area (Å²) < 4.78 is 3.98. The summed E-state index contributed by atoms with van der Waals surface area (Å²) in [6.45, 7) is 5.04. The molecule has 154 valence electrons. The summed E-state index contributed by atoms with van der Waals surface area (Å²) in [5, 5.41) is 7.31. The molecule has 30 heavy (non-hydrogen) atoms. The van der Waals surface area contributed by atoms with Crippen LogP contribution in [0.1, 0.15) is 17.0 Å². The highest BCUT2D eigenvalue weighted by Crippen LogP contribution is 2.20. The second-order valence-corrected chi connectivity index (χ2v) is 7.28. The van der Waals surface area contributed by atoms with Crippen molar-refractivity contribution in [3.05, 3.63) is 66.1 Å². The van der Waals surface area contributed by atoms with Gasteiger partial charge >= 0.3 is 0 Å². The van der Waals surface area contributed by atoms with Gasteiger partial charge in [0.1, 0.15) is 24.3 Å². The van der Waals surface area contributed by atoms with E-state index in [9.17, 15) is 4.79 Å². The maximum absolute atomic E-state index is 12.4. The van der Waals surface area contributed by atoms with Crippen molar-refractivity contribution >= 4 is 22.6 Å². The van der Waals surface area contributed by atoms with Crippen molar-refractivity contribution in [2.75, 3.05) is 18.4 Å². The normalized spacial score (nSPS) is 11.0. The summed E-state index contributed by atoms with van der Waals surface area (Å²) in [7, 11) is 2.00. The molecular weight excluding hydrogens is 378 g/mol. The van der Waals surface area contributed by atoms with E-state index in [-0.39, 0.29) is 5.91 Å². The van der Waals surface area contributed by atoms with Gasteiger partial charge in [-0.3, -0.25) is 9.36 Å². The lowest BCUT2D eigenvalue weighted by Gasteiger charge is -2.09. The van der Waals surface area contributed by atoms with E-state index >= 15 is 0 Å². The van der Waals surface area contributed by atoms with Gasteiger partial charge in [0.2, 0.25) is 5.91 Å². The Kier molecular flexibility index (Phi) is 5.47. The first-order valence-electron chi connectivity index (χ1n) is 9.89. The van der Waals surface area contributed by atoms with Crippen molar-refractivity contribution in [1.82, 2.24) is 29.4 Å². The van der Waals surface area contributed by atoms with Gasteiger partial charge in [0.15, 0.2) is 0 Å². The molecule has 0 bridgehead atoms. The Morgan fingerprint density at radius 2 is 1.93 bits per heavy atom. The second-order valence-electron chi connectivity index (χ2n) is 7.28. The number of carbonyl (C=O) groups is 1. The molecule has 8 heteroatoms. The van der Waals surface area contributed by atoms with Crippen molar-refractivity contribution in [3.63, 3.8) is 0 Å². The lowest BCUT2D eigenvalue weighted by Crippen LogP contribution is -2.30. The number of nitrogens with zero attached hydrogens (tertiary/aromatic N) is 5. The first-order chi connectivity index (χ1) is 14.5. The zero-order chi connectivity index (χ0) is 21.1. The number of para-hydroxylation sites is 1. The maximum atomic E-state index is 12.4. The van der Waals surface area contributed by atoms with Gasteiger partial charge in [0.05, 0.1) is 12.1 Å². The van der Waals surface area contributed by atoms with Crippen LogP contribution in [0.15, 0.2) is 49.2 Å². The summed E-state index contributed by atoms with van der Waals surface area (Å²) in [6.07, 6.45) is 5.65. The summed E-state index contributed by atoms with van der Waals surface area (Å²) in [6, 6.07) is 9.98. The predicted molar refractivity (Wildman–Crippen MR) is 117 cm³/mol. The Labute approximate surface area is 175 Å². The standard InChI is InChI=1S/C22H25N7O/c1-15-16(2)29(14-27-15)21-11-20(25-13-26-21)23-8-9-24-22(30)10-17-12-28(3)19-7-5-4-6-18(17)19/h4-7,11-14H,8-10H2,1-3H3,(H,24,30)(H,23,25,26). The van der Waals surface area contributed by atoms with Crippen LogP contribution in [0.2, 0.25) is 0 Å². The molecule has 4 rings (SSSR count). The van der Waals surface area contributed by atoms with Gasteiger partial charge in [-0.2, -0.15) is 0 Å². The minimum Gasteiger partial charge on any atom is -0.368 e. The van der Waals surface area contributed by atoms with Crippen LogP contribution in [-0.4, -0.2) is 43.1 Å². The van der Waals surface area contributed by atoms with E-state index in [1.165, 1.54) is 6.33 Å². The van der Waals surface area contributed by atoms with Gasteiger partial charge in [-0.25, -0.2) is 15.0 Å². The number of nitrogens with one attached hydrogen (secondary N) is 2. The van der Waals surface area contributed by atoms with E-state index in [0.717, 1.165) is 33.7 Å². The first kappa shape index (κ1) is 19.6. The van der Waals surface area contributed by atoms with Crippen LogP contribution < -0.4 is 10.6 Å². The lowest BCUT2D eigenvalue weighted by molar-refractivity contribution is -0.120. The smallest absolute Gasteiger partial charge is 0.224 e. The third-order valence-corrected chi connectivity index (χ3v) is 5.24. The molecule has 8 nitrogen and oxygen atoms in total. The van der Waals surface area contributed by atoms with Crippen molar-refractivity contribution in [2.45, 2.75) is 20.3 Å². The predicted octanol–water partition coefficient (Wildman–Crippen LogP) is 2.54. The first-order valence-corrected chi connectivity index (χ1v) is 9.89. The fraction of sp³-hybridized carbons (Fsp3) is 0.273. The topological polar surface area (TPSA) is 89.7 Å². The summed E-state index contributed by atoms with van der Waals surface area (Å²) in [5.74, 6) is 1.46. The molecule has 3 heterocycles. The molecule has 0 saturated carbocycles. The molecule has 0 aliphatic rings. The van der Waals surface area contributed by atoms with Gasteiger partial charge in [-0.05, 0) is 25.5 Å². The van der Waals surface area contributed by atoms with Gasteiger partial charge in [-0.15, -0.1) is 0 Å². The molecule has 0 saturated heterocycles. The molecule has 0 aliphatic carbocycles. The van der Waals surface area contributed by atoms with E-state index in [4.69, 9.17) is 0 Å². The average Bonchev–Trinajstić information content (AvgIpc) is 3.25. The molecule has 0 radical (unpaired) electrons. The Bertz CT molecular complexity index is 1190. The van der Waals surface area contributed by atoms with Crippen LogP contribution in [0.3, 0.4) is 0 Å². The van der Waals surface area contributed by atoms with Gasteiger partial charge in [0.25, 0.3) is 0 Å². The minimum atomic E-state index is 0.000968. The quantitative estimate of drug-likeness (QED) is 0.463. The molecule has 0 aliphatic heterocycles. The van der Waals surface area contributed by atoms with Crippen molar-refractivity contribution in [2.24, 2.45) is 7.05 Å². The summed E-state index contributed by atoms with van der Waals surface area (Å²) in [4.78, 5) is 25.2. The number of anilines is 1. The number of fused-ring (bicyclic) bond motifs is 1. The average molecular weight is 403 g/mol. The molecule has 1 amide bonds. The van der Waals surface area contributed by atoms with Crippen LogP contribution in [0.25, 0.3) is 16.7 Å². The van der Waals surface area contributed by atoms with Gasteiger partial charge < -0.3 is 15.2 Å². The van der Waals surface area contributed by atoms with Crippen LogP contribution in [-0.2, 0) is 18.3 Å². The number of benzene rings is 1. The van der Waals surface area contributed by atoms with E-state index < -0.39 is 0 Å². The van der Waals surface area contributed by atoms with Crippen LogP contribution in [0, 0.1) is 13.8 Å². The number of hydrogen-bond acceptors (Lipinski definition) is 5. The van der Waals surface area contributed by atoms with Gasteiger partial charge in [-0.1, -0.05) is 18.2 Å². The minimum absolute atomic E-state index is 0.000968. The summed E-state index contributed by atoms with van der Waals surface area (Å²) >= 11 is 0. The molecule has 4 aromatic rings. The number of amides is 1. The highest BCUT2D eigenvalue weighted by molar-refractivity contribution is 5.89. The molecule has 2 N–H and O–H groups in total. The molecule has 0 unspecified atom stereocenters. The van der Waals surface area contributed by atoms with Crippen LogP contribution in [0.4, 0.5) is 5.82 Å². The van der Waals surface area contributed by atoms with E-state index in [1.54, 1.807) is 6.33 Å². The van der Waals surface area contributed by atoms with Crippen LogP contribution >= 0.6 is 0 Å². The number of rotatable bonds is 7. The Balaban J connectivity index is 1.30. The van der Waals surface area contributed by atoms with Crippen molar-refractivity contribution < 1.29 is 4.79 Å². The van der Waals surface area contributed by atoms with Gasteiger partial charge in [0, 0.05) is 49.0 Å². The molecule has 0 spiro atoms. The Hall–Kier alpha value is -3.68. The SMILES string of the molecule is Cc1ncn(-c2cc(NCCNC(=O)Cc3cn(C)c4ccccc34)ncn2)c1C. The van der Waals surface area contributed by atoms with Crippen molar-refractivity contribution in [1.29, 1.82) is 0 Å². The fourth-order valence-electron chi connectivity index (χ4n) is 3.50. The largest absolute Gasteiger partial charge is 0.368 e. The third kappa shape index (κ3) is 4.03. The Morgan fingerprint density at radius 1 is 1.10 bits per heavy atom. The molecule has 1 aromatic carbocycles. The maximum Gasteiger partial charge on any atom is 0.224 e. The highest BCUT2D eigenvalue weighted by Gasteiger charge is 2.10. The fourth-order valence-corrected chi connectivity index (χ4v) is 3.50. The molecular formula is C22H25N7O. The summed E-state index contributed by atoms with van der Waals surface area (Å²) in [5.41, 5.74) is 4.17. The van der Waals surface area contributed by atoms with E-state index in [2.05, 4.69) is 42.3 Å². The van der Waals surface area contributed by atoms with E-state index in [1.807, 2.05) is 49.9 Å². The number of hydrogen-bond donors (Lipinski definition) is 2. The monoisotopic (exact) mass is 403 g/mol. The van der Waals surface area contributed by atoms with Crippen molar-refractivity contribution in [3.8, 4) is 5.82 Å². The number of carbonyl (C=O) groups excluding carboxylic acids is 1. The van der Waals surface area contributed by atoms with E-state index in [0.29, 0.717) is 25.3 Å². The number of imidazole rings is 1. The highest BCUT2D eigenvalue weighted by atomic mass is 16.1. The second kappa shape index (κ2) is 8.36. The Morgan fingerprint density at radius 3 is 2.73 bits per heavy atom. The van der Waals surface area contributed by atoms with Crippen LogP contribution in [0.5, 0.6) is 0 Å². The number of aryl methyl sites for hydroxylation is 2.